The van der Waals surface area contributed by atoms with Crippen molar-refractivity contribution in [2.45, 2.75) is 45.2 Å². The summed E-state index contributed by atoms with van der Waals surface area (Å²) in [6.45, 7) is 8.98. The van der Waals surface area contributed by atoms with Crippen LogP contribution in [0, 0.1) is 0 Å². The highest BCUT2D eigenvalue weighted by Gasteiger charge is 2.32. The van der Waals surface area contributed by atoms with Crippen molar-refractivity contribution < 1.29 is 8.85 Å². The normalized spacial score (nSPS) is 13.9. The lowest BCUT2D eigenvalue weighted by molar-refractivity contribution is 0.196. The van der Waals surface area contributed by atoms with Crippen LogP contribution in [0.1, 0.15) is 37.8 Å². The first kappa shape index (κ1) is 17.1. The zero-order valence-corrected chi connectivity index (χ0v) is 14.2. The number of rotatable bonds is 10. The summed E-state index contributed by atoms with van der Waals surface area (Å²) < 4.78 is 11.9. The Morgan fingerprint density at radius 2 is 2.10 bits per heavy atom. The molecule has 2 nitrogen and oxygen atoms in total. The average Bonchev–Trinajstić information content (AvgIpc) is 2.50. The molecule has 0 N–H and O–H groups in total. The second kappa shape index (κ2) is 9.11. The second-order valence-corrected chi connectivity index (χ2v) is 8.84. The van der Waals surface area contributed by atoms with Crippen molar-refractivity contribution in [3.05, 3.63) is 42.0 Å². The van der Waals surface area contributed by atoms with Gasteiger partial charge in [0, 0.05) is 13.7 Å². The molecule has 0 bridgehead atoms. The van der Waals surface area contributed by atoms with Gasteiger partial charge in [0.1, 0.15) is 0 Å². The maximum atomic E-state index is 6.14. The molecule has 1 aromatic carbocycles. The summed E-state index contributed by atoms with van der Waals surface area (Å²) in [5.74, 6) is 0. The Kier molecular flexibility index (Phi) is 7.81. The highest BCUT2D eigenvalue weighted by atomic mass is 28.4. The fourth-order valence-corrected chi connectivity index (χ4v) is 5.04. The monoisotopic (exact) mass is 292 g/mol. The van der Waals surface area contributed by atoms with Gasteiger partial charge in [-0.3, -0.25) is 0 Å². The molecule has 0 aliphatic heterocycles. The van der Waals surface area contributed by atoms with Crippen LogP contribution in [0.25, 0.3) is 6.08 Å². The molecule has 0 radical (unpaired) electrons. The fraction of sp³-hybridized carbons (Fsp3) is 0.529. The number of benzene rings is 1. The minimum Gasteiger partial charge on any atom is -0.398 e. The van der Waals surface area contributed by atoms with Crippen LogP contribution in [0.5, 0.6) is 0 Å². The van der Waals surface area contributed by atoms with Gasteiger partial charge in [-0.05, 0) is 36.1 Å². The van der Waals surface area contributed by atoms with Crippen LogP contribution in [0.2, 0.25) is 12.1 Å². The number of aryl methyl sites for hydroxylation is 1. The van der Waals surface area contributed by atoms with Crippen molar-refractivity contribution in [1.29, 1.82) is 0 Å². The number of hydrogen-bond donors (Lipinski definition) is 0. The molecule has 1 rings (SSSR count). The van der Waals surface area contributed by atoms with Crippen molar-refractivity contribution in [2.75, 3.05) is 13.7 Å². The van der Waals surface area contributed by atoms with Crippen molar-refractivity contribution in [2.24, 2.45) is 0 Å². The topological polar surface area (TPSA) is 18.5 Å². The highest BCUT2D eigenvalue weighted by Crippen LogP contribution is 2.20. The average molecular weight is 292 g/mol. The molecule has 0 heterocycles. The number of hydrogen-bond acceptors (Lipinski definition) is 2. The van der Waals surface area contributed by atoms with Crippen molar-refractivity contribution in [1.82, 2.24) is 0 Å². The summed E-state index contributed by atoms with van der Waals surface area (Å²) in [4.78, 5) is 0. The summed E-state index contributed by atoms with van der Waals surface area (Å²) in [6, 6.07) is 10.6. The third-order valence-corrected chi connectivity index (χ3v) is 7.52. The van der Waals surface area contributed by atoms with Gasteiger partial charge in [0.25, 0.3) is 0 Å². The lowest BCUT2D eigenvalue weighted by Gasteiger charge is -2.27. The molecule has 112 valence electrons. The van der Waals surface area contributed by atoms with Gasteiger partial charge in [-0.1, -0.05) is 57.2 Å². The smallest absolute Gasteiger partial charge is 0.337 e. The van der Waals surface area contributed by atoms with E-state index in [4.69, 9.17) is 8.85 Å². The molecule has 0 saturated heterocycles. The largest absolute Gasteiger partial charge is 0.398 e. The summed E-state index contributed by atoms with van der Waals surface area (Å²) in [5, 5.41) is 0. The fourth-order valence-electron chi connectivity index (χ4n) is 2.45. The molecule has 1 aromatic rings. The van der Waals surface area contributed by atoms with E-state index in [1.807, 2.05) is 6.08 Å². The first-order valence-corrected chi connectivity index (χ1v) is 9.83. The molecule has 0 amide bonds. The molecule has 3 heteroatoms. The van der Waals surface area contributed by atoms with Crippen LogP contribution in [-0.4, -0.2) is 22.3 Å². The maximum absolute atomic E-state index is 6.14. The van der Waals surface area contributed by atoms with E-state index < -0.39 is 8.56 Å². The molecule has 20 heavy (non-hydrogen) atoms. The van der Waals surface area contributed by atoms with Crippen molar-refractivity contribution in [3.63, 3.8) is 0 Å². The van der Waals surface area contributed by atoms with Gasteiger partial charge in [-0.15, -0.1) is 0 Å². The second-order valence-electron chi connectivity index (χ2n) is 5.12. The Morgan fingerprint density at radius 1 is 1.30 bits per heavy atom. The summed E-state index contributed by atoms with van der Waals surface area (Å²) in [7, 11) is -0.111. The molecule has 0 spiro atoms. The summed E-state index contributed by atoms with van der Waals surface area (Å²) in [6.07, 6.45) is 5.12. The van der Waals surface area contributed by atoms with Gasteiger partial charge in [-0.2, -0.15) is 0 Å². The summed E-state index contributed by atoms with van der Waals surface area (Å²) in [5.41, 5.74) is 2.53. The molecule has 1 atom stereocenters. The molecular weight excluding hydrogens is 264 g/mol. The van der Waals surface area contributed by atoms with Gasteiger partial charge in [-0.25, -0.2) is 0 Å². The van der Waals surface area contributed by atoms with E-state index in [9.17, 15) is 0 Å². The Bertz CT molecular complexity index is 400. The Balaban J connectivity index is 2.41. The summed E-state index contributed by atoms with van der Waals surface area (Å²) >= 11 is 0. The van der Waals surface area contributed by atoms with Gasteiger partial charge >= 0.3 is 8.56 Å². The molecule has 0 aliphatic carbocycles. The minimum absolute atomic E-state index is 0.798. The van der Waals surface area contributed by atoms with Crippen LogP contribution in [0.4, 0.5) is 0 Å². The molecular formula is C17H28O2Si. The first-order chi connectivity index (χ1) is 9.69. The van der Waals surface area contributed by atoms with Gasteiger partial charge in [0.05, 0.1) is 0 Å². The molecule has 0 aliphatic rings. The third kappa shape index (κ3) is 5.23. The zero-order chi connectivity index (χ0) is 14.8. The molecule has 0 fully saturated rings. The van der Waals surface area contributed by atoms with Gasteiger partial charge in [0.15, 0.2) is 0 Å². The standard InChI is InChI=1S/C17H28O2Si/c1-5-14-20(7-3,18-4)19-13-9-12-17-11-8-10-16(6-2)15-17/h6,8,10-11,15H,2,5,7,9,12-14H2,1,3-4H3. The van der Waals surface area contributed by atoms with E-state index in [1.54, 1.807) is 7.11 Å². The van der Waals surface area contributed by atoms with Crippen LogP contribution in [0.3, 0.4) is 0 Å². The van der Waals surface area contributed by atoms with Gasteiger partial charge in [0.2, 0.25) is 0 Å². The minimum atomic E-state index is -1.92. The Hall–Kier alpha value is -0.903. The van der Waals surface area contributed by atoms with Crippen LogP contribution in [0.15, 0.2) is 30.8 Å². The van der Waals surface area contributed by atoms with Crippen LogP contribution >= 0.6 is 0 Å². The van der Waals surface area contributed by atoms with Crippen LogP contribution in [-0.2, 0) is 15.3 Å². The first-order valence-electron chi connectivity index (χ1n) is 7.60. The van der Waals surface area contributed by atoms with Crippen molar-refractivity contribution in [3.8, 4) is 0 Å². The van der Waals surface area contributed by atoms with E-state index in [1.165, 1.54) is 11.1 Å². The molecule has 0 aromatic heterocycles. The predicted molar refractivity (Wildman–Crippen MR) is 89.1 cm³/mol. The maximum Gasteiger partial charge on any atom is 0.337 e. The molecule has 0 saturated carbocycles. The van der Waals surface area contributed by atoms with E-state index in [2.05, 4.69) is 44.7 Å². The SMILES string of the molecule is C=Cc1cccc(CCCO[Si](CC)(CCC)OC)c1. The Labute approximate surface area is 125 Å². The highest BCUT2D eigenvalue weighted by molar-refractivity contribution is 6.67. The third-order valence-electron chi connectivity index (χ3n) is 3.70. The Morgan fingerprint density at radius 3 is 2.70 bits per heavy atom. The van der Waals surface area contributed by atoms with Crippen molar-refractivity contribution >= 4 is 14.6 Å². The molecule has 1 unspecified atom stereocenters. The van der Waals surface area contributed by atoms with E-state index in [-0.39, 0.29) is 0 Å². The predicted octanol–water partition coefficient (Wildman–Crippen LogP) is 4.80. The lowest BCUT2D eigenvalue weighted by atomic mass is 10.1. The lowest BCUT2D eigenvalue weighted by Crippen LogP contribution is -2.40. The quantitative estimate of drug-likeness (QED) is 0.455. The zero-order valence-electron chi connectivity index (χ0n) is 13.2. The van der Waals surface area contributed by atoms with E-state index in [0.29, 0.717) is 0 Å². The van der Waals surface area contributed by atoms with E-state index >= 15 is 0 Å². The van der Waals surface area contributed by atoms with Crippen LogP contribution < -0.4 is 0 Å². The van der Waals surface area contributed by atoms with Gasteiger partial charge < -0.3 is 8.85 Å². The van der Waals surface area contributed by atoms with E-state index in [0.717, 1.165) is 38.0 Å².